The molecule has 1 aromatic carbocycles. The van der Waals surface area contributed by atoms with Crippen LogP contribution in [0.4, 0.5) is 0 Å². The quantitative estimate of drug-likeness (QED) is 0.773. The number of hydrogen-bond donors (Lipinski definition) is 1. The first-order chi connectivity index (χ1) is 6.66. The summed E-state index contributed by atoms with van der Waals surface area (Å²) in [5.41, 5.74) is 2.35. The molecule has 1 aliphatic rings. The van der Waals surface area contributed by atoms with E-state index in [0.29, 0.717) is 11.7 Å². The van der Waals surface area contributed by atoms with E-state index in [1.54, 1.807) is 0 Å². The molecule has 76 valence electrons. The Morgan fingerprint density at radius 1 is 1.36 bits per heavy atom. The zero-order valence-corrected chi connectivity index (χ0v) is 8.96. The molecule has 0 amide bonds. The lowest BCUT2D eigenvalue weighted by atomic mass is 9.98. The van der Waals surface area contributed by atoms with Gasteiger partial charge < -0.3 is 5.11 Å². The normalized spacial score (nSPS) is 16.2. The Labute approximate surface area is 85.8 Å². The van der Waals surface area contributed by atoms with Gasteiger partial charge in [-0.25, -0.2) is 0 Å². The Bertz CT molecular complexity index is 324. The van der Waals surface area contributed by atoms with Crippen LogP contribution in [0.5, 0.6) is 5.75 Å². The van der Waals surface area contributed by atoms with Crippen LogP contribution in [0.3, 0.4) is 0 Å². The van der Waals surface area contributed by atoms with Crippen LogP contribution in [-0.4, -0.2) is 5.11 Å². The average Bonchev–Trinajstić information content (AvgIpc) is 2.87. The molecule has 0 bridgehead atoms. The van der Waals surface area contributed by atoms with Crippen molar-refractivity contribution >= 4 is 0 Å². The average molecular weight is 190 g/mol. The monoisotopic (exact) mass is 190 g/mol. The van der Waals surface area contributed by atoms with E-state index in [1.807, 2.05) is 6.07 Å². The molecule has 1 fully saturated rings. The topological polar surface area (TPSA) is 20.2 Å². The lowest BCUT2D eigenvalue weighted by Gasteiger charge is -2.09. The van der Waals surface area contributed by atoms with Gasteiger partial charge >= 0.3 is 0 Å². The van der Waals surface area contributed by atoms with Gasteiger partial charge in [0.25, 0.3) is 0 Å². The summed E-state index contributed by atoms with van der Waals surface area (Å²) in [6.45, 7) is 4.21. The number of phenols is 1. The summed E-state index contributed by atoms with van der Waals surface area (Å²) in [6.07, 6.45) is 3.88. The van der Waals surface area contributed by atoms with Gasteiger partial charge in [0, 0.05) is 0 Å². The predicted molar refractivity (Wildman–Crippen MR) is 58.6 cm³/mol. The largest absolute Gasteiger partial charge is 0.508 e. The molecule has 1 saturated carbocycles. The molecular formula is C13H18O. The van der Waals surface area contributed by atoms with E-state index < -0.39 is 0 Å². The predicted octanol–water partition coefficient (Wildman–Crippen LogP) is 3.47. The Hall–Kier alpha value is -0.980. The van der Waals surface area contributed by atoms with Crippen molar-refractivity contribution < 1.29 is 5.11 Å². The molecule has 0 radical (unpaired) electrons. The number of benzene rings is 1. The SMILES string of the molecule is CC(C)c1ccc(CC2CC2)cc1O. The minimum atomic E-state index is 0.407. The van der Waals surface area contributed by atoms with Crippen molar-refractivity contribution in [2.75, 3.05) is 0 Å². The second-order valence-corrected chi connectivity index (χ2v) is 4.70. The van der Waals surface area contributed by atoms with Crippen LogP contribution in [0.2, 0.25) is 0 Å². The molecule has 0 saturated heterocycles. The first-order valence-corrected chi connectivity index (χ1v) is 5.48. The summed E-state index contributed by atoms with van der Waals surface area (Å²) in [6, 6.07) is 6.17. The first-order valence-electron chi connectivity index (χ1n) is 5.48. The fourth-order valence-electron chi connectivity index (χ4n) is 1.86. The maximum Gasteiger partial charge on any atom is 0.119 e. The Balaban J connectivity index is 2.16. The molecule has 0 heterocycles. The highest BCUT2D eigenvalue weighted by Crippen LogP contribution is 2.34. The van der Waals surface area contributed by atoms with Crippen LogP contribution in [0.1, 0.15) is 43.7 Å². The van der Waals surface area contributed by atoms with Gasteiger partial charge in [-0.05, 0) is 48.3 Å². The van der Waals surface area contributed by atoms with E-state index in [1.165, 1.54) is 18.4 Å². The summed E-state index contributed by atoms with van der Waals surface area (Å²) >= 11 is 0. The van der Waals surface area contributed by atoms with E-state index in [-0.39, 0.29) is 0 Å². The summed E-state index contributed by atoms with van der Waals surface area (Å²) in [4.78, 5) is 0. The van der Waals surface area contributed by atoms with Crippen LogP contribution < -0.4 is 0 Å². The third-order valence-corrected chi connectivity index (χ3v) is 2.94. The molecular weight excluding hydrogens is 172 g/mol. The fourth-order valence-corrected chi connectivity index (χ4v) is 1.86. The minimum Gasteiger partial charge on any atom is -0.508 e. The fraction of sp³-hybridized carbons (Fsp3) is 0.538. The zero-order valence-electron chi connectivity index (χ0n) is 8.96. The van der Waals surface area contributed by atoms with Gasteiger partial charge in [0.05, 0.1) is 0 Å². The Morgan fingerprint density at radius 3 is 2.57 bits per heavy atom. The standard InChI is InChI=1S/C13H18O/c1-9(2)12-6-5-11(8-13(12)14)7-10-3-4-10/h5-6,8-10,14H,3-4,7H2,1-2H3. The van der Waals surface area contributed by atoms with E-state index in [0.717, 1.165) is 17.9 Å². The van der Waals surface area contributed by atoms with Gasteiger partial charge in [-0.2, -0.15) is 0 Å². The molecule has 1 aliphatic carbocycles. The Kier molecular flexibility index (Phi) is 2.49. The van der Waals surface area contributed by atoms with Gasteiger partial charge in [-0.3, -0.25) is 0 Å². The zero-order chi connectivity index (χ0) is 10.1. The summed E-state index contributed by atoms with van der Waals surface area (Å²) in [5.74, 6) is 1.77. The molecule has 0 spiro atoms. The van der Waals surface area contributed by atoms with Crippen molar-refractivity contribution in [1.29, 1.82) is 0 Å². The third-order valence-electron chi connectivity index (χ3n) is 2.94. The molecule has 1 heteroatoms. The maximum absolute atomic E-state index is 9.80. The van der Waals surface area contributed by atoms with Crippen molar-refractivity contribution in [2.45, 2.75) is 39.0 Å². The van der Waals surface area contributed by atoms with Crippen molar-refractivity contribution in [3.8, 4) is 5.75 Å². The number of aromatic hydroxyl groups is 1. The van der Waals surface area contributed by atoms with Crippen LogP contribution in [0, 0.1) is 5.92 Å². The molecule has 14 heavy (non-hydrogen) atoms. The third kappa shape index (κ3) is 2.09. The summed E-state index contributed by atoms with van der Waals surface area (Å²) < 4.78 is 0. The minimum absolute atomic E-state index is 0.407. The lowest BCUT2D eigenvalue weighted by Crippen LogP contribution is -1.91. The highest BCUT2D eigenvalue weighted by molar-refractivity contribution is 5.38. The van der Waals surface area contributed by atoms with Crippen molar-refractivity contribution in [3.63, 3.8) is 0 Å². The van der Waals surface area contributed by atoms with Gasteiger partial charge in [0.15, 0.2) is 0 Å². The van der Waals surface area contributed by atoms with E-state index in [9.17, 15) is 5.11 Å². The second-order valence-electron chi connectivity index (χ2n) is 4.70. The van der Waals surface area contributed by atoms with Crippen molar-refractivity contribution in [3.05, 3.63) is 29.3 Å². The summed E-state index contributed by atoms with van der Waals surface area (Å²) in [7, 11) is 0. The smallest absolute Gasteiger partial charge is 0.119 e. The van der Waals surface area contributed by atoms with Gasteiger partial charge in [-0.15, -0.1) is 0 Å². The van der Waals surface area contributed by atoms with Crippen molar-refractivity contribution in [2.24, 2.45) is 5.92 Å². The van der Waals surface area contributed by atoms with E-state index >= 15 is 0 Å². The molecule has 1 aromatic rings. The van der Waals surface area contributed by atoms with Gasteiger partial charge in [0.2, 0.25) is 0 Å². The number of phenolic OH excluding ortho intramolecular Hbond substituents is 1. The number of hydrogen-bond acceptors (Lipinski definition) is 1. The van der Waals surface area contributed by atoms with Crippen LogP contribution in [0.25, 0.3) is 0 Å². The van der Waals surface area contributed by atoms with Gasteiger partial charge in [0.1, 0.15) is 5.75 Å². The highest BCUT2D eigenvalue weighted by atomic mass is 16.3. The van der Waals surface area contributed by atoms with Crippen LogP contribution >= 0.6 is 0 Å². The number of rotatable bonds is 3. The maximum atomic E-state index is 9.80. The molecule has 0 unspecified atom stereocenters. The molecule has 1 N–H and O–H groups in total. The molecule has 1 nitrogen and oxygen atoms in total. The molecule has 0 aliphatic heterocycles. The Morgan fingerprint density at radius 2 is 2.07 bits per heavy atom. The molecule has 2 rings (SSSR count). The lowest BCUT2D eigenvalue weighted by molar-refractivity contribution is 0.464. The van der Waals surface area contributed by atoms with Crippen molar-refractivity contribution in [1.82, 2.24) is 0 Å². The molecule has 0 atom stereocenters. The van der Waals surface area contributed by atoms with E-state index in [2.05, 4.69) is 26.0 Å². The van der Waals surface area contributed by atoms with Gasteiger partial charge in [-0.1, -0.05) is 26.0 Å². The highest BCUT2D eigenvalue weighted by Gasteiger charge is 2.21. The van der Waals surface area contributed by atoms with E-state index in [4.69, 9.17) is 0 Å². The summed E-state index contributed by atoms with van der Waals surface area (Å²) in [5, 5.41) is 9.80. The van der Waals surface area contributed by atoms with Crippen LogP contribution in [0.15, 0.2) is 18.2 Å². The second kappa shape index (κ2) is 3.64. The van der Waals surface area contributed by atoms with Crippen LogP contribution in [-0.2, 0) is 6.42 Å². The first kappa shape index (κ1) is 9.57. The molecule has 0 aromatic heterocycles.